The molecule has 1 aliphatic rings. The van der Waals surface area contributed by atoms with E-state index >= 15 is 0 Å². The number of nitrogens with zero attached hydrogens (tertiary/aromatic N) is 2. The Hall–Kier alpha value is -2.73. The summed E-state index contributed by atoms with van der Waals surface area (Å²) < 4.78 is 17.0. The molecule has 1 fully saturated rings. The number of hydrogen-bond acceptors (Lipinski definition) is 5. The smallest absolute Gasteiger partial charge is 0.260 e. The Kier molecular flexibility index (Phi) is 7.55. The zero-order chi connectivity index (χ0) is 19.6. The number of rotatable bonds is 9. The Morgan fingerprint density at radius 3 is 2.18 bits per heavy atom. The van der Waals surface area contributed by atoms with Gasteiger partial charge in [0, 0.05) is 32.7 Å². The van der Waals surface area contributed by atoms with E-state index in [4.69, 9.17) is 14.2 Å². The van der Waals surface area contributed by atoms with Crippen LogP contribution in [0.4, 0.5) is 0 Å². The van der Waals surface area contributed by atoms with Crippen molar-refractivity contribution in [1.82, 2.24) is 9.80 Å². The second-order valence-electron chi connectivity index (χ2n) is 6.55. The lowest BCUT2D eigenvalue weighted by atomic mass is 10.3. The standard InChI is InChI=1S/C22H28N2O4/c1-2-26-20-10-6-7-11-21(20)28-18-22(25)24-14-12-23(13-15-24)16-17-27-19-8-4-3-5-9-19/h3-11H,2,12-18H2,1H3. The summed E-state index contributed by atoms with van der Waals surface area (Å²) in [6, 6.07) is 17.3. The van der Waals surface area contributed by atoms with Crippen molar-refractivity contribution in [3.63, 3.8) is 0 Å². The highest BCUT2D eigenvalue weighted by Gasteiger charge is 2.21. The fourth-order valence-corrected chi connectivity index (χ4v) is 3.11. The normalized spacial score (nSPS) is 14.5. The minimum Gasteiger partial charge on any atom is -0.492 e. The van der Waals surface area contributed by atoms with E-state index in [1.54, 1.807) is 0 Å². The number of hydrogen-bond donors (Lipinski definition) is 0. The van der Waals surface area contributed by atoms with Crippen LogP contribution in [0.5, 0.6) is 17.2 Å². The van der Waals surface area contributed by atoms with Gasteiger partial charge in [-0.15, -0.1) is 0 Å². The summed E-state index contributed by atoms with van der Waals surface area (Å²) in [5.74, 6) is 2.17. The zero-order valence-electron chi connectivity index (χ0n) is 16.4. The summed E-state index contributed by atoms with van der Waals surface area (Å²) >= 11 is 0. The summed E-state index contributed by atoms with van der Waals surface area (Å²) in [5.41, 5.74) is 0. The van der Waals surface area contributed by atoms with E-state index in [1.807, 2.05) is 66.4 Å². The average molecular weight is 384 g/mol. The van der Waals surface area contributed by atoms with Crippen LogP contribution in [0.2, 0.25) is 0 Å². The van der Waals surface area contributed by atoms with E-state index in [2.05, 4.69) is 4.90 Å². The summed E-state index contributed by atoms with van der Waals surface area (Å²) in [5, 5.41) is 0. The van der Waals surface area contributed by atoms with Gasteiger partial charge in [0.1, 0.15) is 12.4 Å². The number of ether oxygens (including phenoxy) is 3. The number of amides is 1. The quantitative estimate of drug-likeness (QED) is 0.665. The number of carbonyl (C=O) groups excluding carboxylic acids is 1. The van der Waals surface area contributed by atoms with Crippen LogP contribution < -0.4 is 14.2 Å². The lowest BCUT2D eigenvalue weighted by molar-refractivity contribution is -0.135. The van der Waals surface area contributed by atoms with Crippen LogP contribution in [-0.2, 0) is 4.79 Å². The van der Waals surface area contributed by atoms with Crippen LogP contribution in [0.3, 0.4) is 0 Å². The van der Waals surface area contributed by atoms with Gasteiger partial charge < -0.3 is 19.1 Å². The molecule has 0 saturated carbocycles. The first-order valence-corrected chi connectivity index (χ1v) is 9.79. The molecular weight excluding hydrogens is 356 g/mol. The summed E-state index contributed by atoms with van der Waals surface area (Å²) in [6.45, 7) is 7.13. The van der Waals surface area contributed by atoms with Crippen LogP contribution in [0.15, 0.2) is 54.6 Å². The molecule has 0 unspecified atom stereocenters. The summed E-state index contributed by atoms with van der Waals surface area (Å²) in [6.07, 6.45) is 0. The van der Waals surface area contributed by atoms with Gasteiger partial charge in [-0.1, -0.05) is 30.3 Å². The van der Waals surface area contributed by atoms with Gasteiger partial charge in [0.15, 0.2) is 18.1 Å². The maximum atomic E-state index is 12.5. The third kappa shape index (κ3) is 5.89. The number of para-hydroxylation sites is 3. The topological polar surface area (TPSA) is 51.2 Å². The Morgan fingerprint density at radius 2 is 1.50 bits per heavy atom. The molecule has 6 nitrogen and oxygen atoms in total. The largest absolute Gasteiger partial charge is 0.492 e. The molecule has 1 amide bonds. The molecule has 1 aliphatic heterocycles. The molecule has 0 bridgehead atoms. The average Bonchev–Trinajstić information content (AvgIpc) is 2.74. The Labute approximate surface area is 166 Å². The lowest BCUT2D eigenvalue weighted by Gasteiger charge is -2.34. The molecule has 2 aromatic rings. The van der Waals surface area contributed by atoms with Crippen molar-refractivity contribution in [3.8, 4) is 17.2 Å². The number of benzene rings is 2. The lowest BCUT2D eigenvalue weighted by Crippen LogP contribution is -2.50. The molecule has 0 aliphatic carbocycles. The van der Waals surface area contributed by atoms with Crippen molar-refractivity contribution in [3.05, 3.63) is 54.6 Å². The second kappa shape index (κ2) is 10.6. The Bertz CT molecular complexity index is 730. The van der Waals surface area contributed by atoms with Crippen LogP contribution >= 0.6 is 0 Å². The SMILES string of the molecule is CCOc1ccccc1OCC(=O)N1CCN(CCOc2ccccc2)CC1. The first kappa shape index (κ1) is 20.0. The first-order valence-electron chi connectivity index (χ1n) is 9.79. The number of carbonyl (C=O) groups is 1. The van der Waals surface area contributed by atoms with E-state index < -0.39 is 0 Å². The Balaban J connectivity index is 1.37. The van der Waals surface area contributed by atoms with Gasteiger partial charge in [-0.05, 0) is 31.2 Å². The minimum atomic E-state index is 0.00601. The molecule has 0 N–H and O–H groups in total. The van der Waals surface area contributed by atoms with E-state index in [9.17, 15) is 4.79 Å². The van der Waals surface area contributed by atoms with Crippen LogP contribution in [0, 0.1) is 0 Å². The minimum absolute atomic E-state index is 0.00601. The van der Waals surface area contributed by atoms with Crippen molar-refractivity contribution in [1.29, 1.82) is 0 Å². The molecule has 0 radical (unpaired) electrons. The fourth-order valence-electron chi connectivity index (χ4n) is 3.11. The molecule has 1 saturated heterocycles. The number of piperazine rings is 1. The van der Waals surface area contributed by atoms with Crippen LogP contribution in [0.25, 0.3) is 0 Å². The van der Waals surface area contributed by atoms with Crippen molar-refractivity contribution in [2.75, 3.05) is 52.5 Å². The van der Waals surface area contributed by atoms with Gasteiger partial charge in [-0.3, -0.25) is 9.69 Å². The molecule has 2 aromatic carbocycles. The molecule has 0 aromatic heterocycles. The Morgan fingerprint density at radius 1 is 0.857 bits per heavy atom. The second-order valence-corrected chi connectivity index (χ2v) is 6.55. The van der Waals surface area contributed by atoms with Gasteiger partial charge in [0.05, 0.1) is 6.61 Å². The van der Waals surface area contributed by atoms with Gasteiger partial charge in [0.25, 0.3) is 5.91 Å². The predicted molar refractivity (Wildman–Crippen MR) is 108 cm³/mol. The van der Waals surface area contributed by atoms with Crippen LogP contribution in [0.1, 0.15) is 6.92 Å². The molecule has 0 atom stereocenters. The van der Waals surface area contributed by atoms with E-state index in [1.165, 1.54) is 0 Å². The molecule has 28 heavy (non-hydrogen) atoms. The highest BCUT2D eigenvalue weighted by atomic mass is 16.5. The summed E-state index contributed by atoms with van der Waals surface area (Å²) in [4.78, 5) is 16.6. The maximum Gasteiger partial charge on any atom is 0.260 e. The highest BCUT2D eigenvalue weighted by molar-refractivity contribution is 5.78. The van der Waals surface area contributed by atoms with Crippen LogP contribution in [-0.4, -0.2) is 68.3 Å². The summed E-state index contributed by atoms with van der Waals surface area (Å²) in [7, 11) is 0. The third-order valence-electron chi connectivity index (χ3n) is 4.64. The zero-order valence-corrected chi connectivity index (χ0v) is 16.4. The first-order chi connectivity index (χ1) is 13.8. The molecule has 150 valence electrons. The van der Waals surface area contributed by atoms with Crippen molar-refractivity contribution >= 4 is 5.91 Å². The third-order valence-corrected chi connectivity index (χ3v) is 4.64. The van der Waals surface area contributed by atoms with Gasteiger partial charge in [-0.2, -0.15) is 0 Å². The monoisotopic (exact) mass is 384 g/mol. The van der Waals surface area contributed by atoms with Crippen molar-refractivity contribution in [2.24, 2.45) is 0 Å². The molecule has 3 rings (SSSR count). The van der Waals surface area contributed by atoms with E-state index in [0.29, 0.717) is 37.8 Å². The van der Waals surface area contributed by atoms with E-state index in [0.717, 1.165) is 25.4 Å². The molecular formula is C22H28N2O4. The predicted octanol–water partition coefficient (Wildman–Crippen LogP) is 2.69. The van der Waals surface area contributed by atoms with Crippen molar-refractivity contribution < 1.29 is 19.0 Å². The van der Waals surface area contributed by atoms with Gasteiger partial charge in [0.2, 0.25) is 0 Å². The van der Waals surface area contributed by atoms with Crippen molar-refractivity contribution in [2.45, 2.75) is 6.92 Å². The van der Waals surface area contributed by atoms with E-state index in [-0.39, 0.29) is 12.5 Å². The molecule has 6 heteroatoms. The highest BCUT2D eigenvalue weighted by Crippen LogP contribution is 2.26. The van der Waals surface area contributed by atoms with Gasteiger partial charge >= 0.3 is 0 Å². The molecule has 1 heterocycles. The maximum absolute atomic E-state index is 12.5. The van der Waals surface area contributed by atoms with Gasteiger partial charge in [-0.25, -0.2) is 0 Å². The fraction of sp³-hybridized carbons (Fsp3) is 0.409. The molecule has 0 spiro atoms.